The van der Waals surface area contributed by atoms with Gasteiger partial charge in [-0.05, 0) is 86.4 Å². The summed E-state index contributed by atoms with van der Waals surface area (Å²) in [6.07, 6.45) is 10.5. The normalized spacial score (nSPS) is 21.9. The van der Waals surface area contributed by atoms with Gasteiger partial charge in [-0.3, -0.25) is 0 Å². The van der Waals surface area contributed by atoms with E-state index in [1.165, 1.54) is 36.8 Å². The fraction of sp³-hybridized carbons (Fsp3) is 0.690. The van der Waals surface area contributed by atoms with Crippen molar-refractivity contribution in [3.63, 3.8) is 0 Å². The highest BCUT2D eigenvalue weighted by molar-refractivity contribution is 7.17. The molecule has 6 nitrogen and oxygen atoms in total. The van der Waals surface area contributed by atoms with Gasteiger partial charge in [-0.1, -0.05) is 31.4 Å². The van der Waals surface area contributed by atoms with Crippen LogP contribution >= 0.6 is 11.3 Å². The molecule has 3 N–H and O–H groups in total. The van der Waals surface area contributed by atoms with Crippen LogP contribution in [0.2, 0.25) is 0 Å². The Morgan fingerprint density at radius 1 is 1.19 bits per heavy atom. The number of urea groups is 1. The molecule has 0 unspecified atom stereocenters. The van der Waals surface area contributed by atoms with Crippen LogP contribution in [0.1, 0.15) is 69.8 Å². The van der Waals surface area contributed by atoms with Gasteiger partial charge in [0.25, 0.3) is 0 Å². The van der Waals surface area contributed by atoms with Gasteiger partial charge in [0.1, 0.15) is 0 Å². The number of aliphatic hydroxyl groups is 1. The summed E-state index contributed by atoms with van der Waals surface area (Å²) in [6, 6.07) is 8.61. The van der Waals surface area contributed by atoms with Gasteiger partial charge in [-0.15, -0.1) is 11.3 Å². The van der Waals surface area contributed by atoms with E-state index in [1.54, 1.807) is 18.4 Å². The van der Waals surface area contributed by atoms with E-state index in [0.29, 0.717) is 25.5 Å². The van der Waals surface area contributed by atoms with Crippen LogP contribution in [0.15, 0.2) is 29.6 Å². The fourth-order valence-electron chi connectivity index (χ4n) is 6.46. The number of amides is 2. The second-order valence-electron chi connectivity index (χ2n) is 10.8. The van der Waals surface area contributed by atoms with Crippen LogP contribution in [0.5, 0.6) is 0 Å². The Hall–Kier alpha value is -1.67. The molecule has 0 radical (unpaired) electrons. The molecular formula is C29H45N3O3S. The summed E-state index contributed by atoms with van der Waals surface area (Å²) in [5.41, 5.74) is 0.0438. The molecule has 0 bridgehead atoms. The lowest BCUT2D eigenvalue weighted by molar-refractivity contribution is -0.0552. The first kappa shape index (κ1) is 27.4. The number of rotatable bonds is 11. The highest BCUT2D eigenvalue weighted by Gasteiger charge is 2.42. The number of nitrogens with zero attached hydrogens (tertiary/aromatic N) is 1. The molecular weight excluding hydrogens is 470 g/mol. The van der Waals surface area contributed by atoms with Gasteiger partial charge in [-0.2, -0.15) is 0 Å². The van der Waals surface area contributed by atoms with E-state index in [-0.39, 0.29) is 18.0 Å². The Morgan fingerprint density at radius 3 is 2.81 bits per heavy atom. The summed E-state index contributed by atoms with van der Waals surface area (Å²) < 4.78 is 6.48. The van der Waals surface area contributed by atoms with Crippen molar-refractivity contribution in [2.75, 3.05) is 40.4 Å². The molecule has 1 aromatic heterocycles. The summed E-state index contributed by atoms with van der Waals surface area (Å²) in [7, 11) is 3.69. The maximum Gasteiger partial charge on any atom is 0.317 e. The van der Waals surface area contributed by atoms with Crippen LogP contribution < -0.4 is 10.6 Å². The van der Waals surface area contributed by atoms with Crippen LogP contribution in [-0.2, 0) is 10.3 Å². The van der Waals surface area contributed by atoms with E-state index < -0.39 is 5.60 Å². The smallest absolute Gasteiger partial charge is 0.317 e. The average Bonchev–Trinajstić information content (AvgIpc) is 3.40. The number of likely N-dealkylation sites (tertiary alicyclic amines) is 1. The Morgan fingerprint density at radius 2 is 2.03 bits per heavy atom. The minimum Gasteiger partial charge on any atom is -0.385 e. The summed E-state index contributed by atoms with van der Waals surface area (Å²) in [5.74, 6) is 0.548. The quantitative estimate of drug-likeness (QED) is 0.346. The number of thiophene rings is 1. The van der Waals surface area contributed by atoms with Crippen molar-refractivity contribution >= 4 is 27.5 Å². The predicted molar refractivity (Wildman–Crippen MR) is 149 cm³/mol. The molecule has 2 heterocycles. The largest absolute Gasteiger partial charge is 0.385 e. The van der Waals surface area contributed by atoms with Crippen LogP contribution in [0, 0.1) is 11.8 Å². The third kappa shape index (κ3) is 6.42. The Balaban J connectivity index is 1.51. The molecule has 1 aliphatic carbocycles. The van der Waals surface area contributed by atoms with Crippen LogP contribution in [0.3, 0.4) is 0 Å². The first-order valence-electron chi connectivity index (χ1n) is 13.9. The van der Waals surface area contributed by atoms with Crippen LogP contribution in [0.25, 0.3) is 10.1 Å². The van der Waals surface area contributed by atoms with Gasteiger partial charge >= 0.3 is 6.03 Å². The number of carbonyl (C=O) groups excluding carboxylic acids is 1. The van der Waals surface area contributed by atoms with Crippen molar-refractivity contribution in [2.24, 2.45) is 11.8 Å². The van der Waals surface area contributed by atoms with Crippen molar-refractivity contribution in [3.05, 3.63) is 35.2 Å². The zero-order valence-corrected chi connectivity index (χ0v) is 23.0. The van der Waals surface area contributed by atoms with Crippen LogP contribution in [-0.4, -0.2) is 62.5 Å². The number of carbonyl (C=O) groups is 1. The molecule has 2 aliphatic rings. The topological polar surface area (TPSA) is 73.8 Å². The maximum absolute atomic E-state index is 13.5. The fourth-order valence-corrected chi connectivity index (χ4v) is 7.28. The van der Waals surface area contributed by atoms with Crippen molar-refractivity contribution in [1.82, 2.24) is 15.5 Å². The molecule has 0 spiro atoms. The minimum absolute atomic E-state index is 0.00229. The van der Waals surface area contributed by atoms with E-state index in [9.17, 15) is 9.90 Å². The van der Waals surface area contributed by atoms with Gasteiger partial charge in [-0.25, -0.2) is 4.79 Å². The van der Waals surface area contributed by atoms with Crippen molar-refractivity contribution in [2.45, 2.75) is 75.9 Å². The number of unbranched alkanes of at least 4 members (excludes halogenated alkanes) is 1. The van der Waals surface area contributed by atoms with E-state index in [2.05, 4.69) is 40.3 Å². The number of methoxy groups -OCH3 is 1. The number of hydrogen-bond donors (Lipinski definition) is 3. The molecule has 4 rings (SSSR count). The van der Waals surface area contributed by atoms with Gasteiger partial charge in [0.2, 0.25) is 0 Å². The maximum atomic E-state index is 13.5. The number of fused-ring (bicyclic) bond motifs is 1. The Labute approximate surface area is 220 Å². The molecule has 1 aliphatic heterocycles. The Kier molecular flexibility index (Phi) is 10.1. The van der Waals surface area contributed by atoms with Crippen molar-refractivity contribution in [3.8, 4) is 0 Å². The molecule has 2 amide bonds. The molecule has 1 saturated carbocycles. The summed E-state index contributed by atoms with van der Waals surface area (Å²) >= 11 is 1.71. The average molecular weight is 516 g/mol. The minimum atomic E-state index is -0.971. The van der Waals surface area contributed by atoms with Crippen molar-refractivity contribution < 1.29 is 14.6 Å². The monoisotopic (exact) mass is 515 g/mol. The third-order valence-electron chi connectivity index (χ3n) is 8.45. The lowest BCUT2D eigenvalue weighted by Crippen LogP contribution is -2.55. The molecule has 36 heavy (non-hydrogen) atoms. The number of likely N-dealkylation sites (N-methyl/N-ethyl adjacent to an activating group) is 1. The summed E-state index contributed by atoms with van der Waals surface area (Å²) in [5, 5.41) is 22.3. The van der Waals surface area contributed by atoms with E-state index in [4.69, 9.17) is 4.74 Å². The highest BCUT2D eigenvalue weighted by Crippen LogP contribution is 2.43. The lowest BCUT2D eigenvalue weighted by atomic mass is 9.73. The van der Waals surface area contributed by atoms with Crippen LogP contribution in [0.4, 0.5) is 4.79 Å². The zero-order valence-electron chi connectivity index (χ0n) is 22.1. The third-order valence-corrected chi connectivity index (χ3v) is 9.34. The first-order valence-corrected chi connectivity index (χ1v) is 14.8. The van der Waals surface area contributed by atoms with E-state index >= 15 is 0 Å². The molecule has 7 heteroatoms. The number of ether oxygens (including phenoxy) is 1. The van der Waals surface area contributed by atoms with Gasteiger partial charge in [0.05, 0.1) is 5.60 Å². The number of piperidine rings is 1. The molecule has 200 valence electrons. The summed E-state index contributed by atoms with van der Waals surface area (Å²) in [4.78, 5) is 15.5. The molecule has 2 fully saturated rings. The molecule has 2 aromatic rings. The number of nitrogens with one attached hydrogen (secondary N) is 2. The number of hydrogen-bond acceptors (Lipinski definition) is 5. The van der Waals surface area contributed by atoms with Gasteiger partial charge < -0.3 is 25.4 Å². The van der Waals surface area contributed by atoms with Crippen molar-refractivity contribution in [1.29, 1.82) is 0 Å². The van der Waals surface area contributed by atoms with Gasteiger partial charge in [0, 0.05) is 50.0 Å². The van der Waals surface area contributed by atoms with Gasteiger partial charge in [0.15, 0.2) is 0 Å². The second-order valence-corrected chi connectivity index (χ2v) is 11.8. The molecule has 3 atom stereocenters. The lowest BCUT2D eigenvalue weighted by Gasteiger charge is -2.43. The first-order chi connectivity index (χ1) is 17.6. The zero-order chi connectivity index (χ0) is 25.4. The van der Waals surface area contributed by atoms with E-state index in [0.717, 1.165) is 49.7 Å². The predicted octanol–water partition coefficient (Wildman–Crippen LogP) is 5.50. The highest BCUT2D eigenvalue weighted by atomic mass is 32.1. The van der Waals surface area contributed by atoms with E-state index in [1.807, 2.05) is 11.9 Å². The Bertz CT molecular complexity index is 960. The number of benzene rings is 1. The molecule has 1 saturated heterocycles. The second kappa shape index (κ2) is 13.2. The molecule has 1 aromatic carbocycles. The summed E-state index contributed by atoms with van der Waals surface area (Å²) in [6.45, 7) is 2.84. The standard InChI is InChI=1S/C29H45N3O3S/c1-30-20-26(22-10-4-3-5-11-22)31-28(33)32-17-9-12-23(21-32)29(34,16-6-7-18-35-2)25-13-8-14-27-24(25)15-19-36-27/h8,13-15,19,22-23,26,30,34H,3-7,9-12,16-18,20-21H2,1-2H3,(H,31,33)/t23-,26-,29+/m1/s1. The SMILES string of the molecule is CNC[C@@H](NC(=O)N1CCC[C@@H]([C@@](O)(CCCCOC)c2cccc3sccc23)C1)C1CCCCC1.